The van der Waals surface area contributed by atoms with E-state index in [1.165, 1.54) is 25.7 Å². The minimum atomic E-state index is -0.107. The largest absolute Gasteiger partial charge is 0.393 e. The van der Waals surface area contributed by atoms with Crippen LogP contribution in [0.1, 0.15) is 71.1 Å². The summed E-state index contributed by atoms with van der Waals surface area (Å²) < 4.78 is 5.59. The van der Waals surface area contributed by atoms with Gasteiger partial charge in [-0.15, -0.1) is 0 Å². The highest BCUT2D eigenvalue weighted by Gasteiger charge is 2.53. The van der Waals surface area contributed by atoms with Crippen LogP contribution < -0.4 is 0 Å². The Hall–Kier alpha value is -0.410. The monoisotopic (exact) mass is 348 g/mol. The zero-order chi connectivity index (χ0) is 17.6. The Labute approximate surface area is 152 Å². The molecule has 2 bridgehead atoms. The summed E-state index contributed by atoms with van der Waals surface area (Å²) in [4.78, 5) is 12.4. The number of carbonyl (C=O) groups is 1. The first-order valence-corrected chi connectivity index (χ1v) is 10.7. The highest BCUT2D eigenvalue weighted by atomic mass is 16.5. The summed E-state index contributed by atoms with van der Waals surface area (Å²) in [6.07, 6.45) is 11.0. The SMILES string of the molecule is COC[C@H]1C[C@H]2C[C@@H](O)CC[C@]2(C)[C@H]2CC[C@@H]3CC(CCC3=O)[C@H]2C1. The lowest BCUT2D eigenvalue weighted by Gasteiger charge is -2.50. The van der Waals surface area contributed by atoms with Crippen LogP contribution in [0.25, 0.3) is 0 Å². The fourth-order valence-electron chi connectivity index (χ4n) is 7.42. The first-order chi connectivity index (χ1) is 12.0. The Morgan fingerprint density at radius 2 is 1.96 bits per heavy atom. The summed E-state index contributed by atoms with van der Waals surface area (Å²) in [7, 11) is 1.83. The van der Waals surface area contributed by atoms with Gasteiger partial charge in [-0.3, -0.25) is 4.79 Å². The second-order valence-electron chi connectivity index (χ2n) is 9.97. The van der Waals surface area contributed by atoms with E-state index in [1.54, 1.807) is 0 Å². The van der Waals surface area contributed by atoms with E-state index in [1.807, 2.05) is 7.11 Å². The lowest BCUT2D eigenvalue weighted by Crippen LogP contribution is -2.44. The zero-order valence-corrected chi connectivity index (χ0v) is 16.1. The fourth-order valence-corrected chi connectivity index (χ4v) is 7.42. The molecule has 1 N–H and O–H groups in total. The van der Waals surface area contributed by atoms with Crippen LogP contribution in [0.5, 0.6) is 0 Å². The molecule has 0 aliphatic heterocycles. The normalized spacial score (nSPS) is 50.4. The topological polar surface area (TPSA) is 46.5 Å². The molecule has 3 nitrogen and oxygen atoms in total. The van der Waals surface area contributed by atoms with Crippen molar-refractivity contribution in [3.05, 3.63) is 0 Å². The van der Waals surface area contributed by atoms with Crippen LogP contribution >= 0.6 is 0 Å². The third-order valence-corrected chi connectivity index (χ3v) is 8.73. The van der Waals surface area contributed by atoms with Gasteiger partial charge in [-0.1, -0.05) is 6.92 Å². The Kier molecular flexibility index (Phi) is 5.00. The standard InChI is InChI=1S/C22H36O3/c1-22-8-7-18(23)12-17(22)9-14(13-25-2)10-19-15-4-6-21(24)16(11-15)3-5-20(19)22/h14-20,23H,3-13H2,1-2H3/t14-,15?,16+,17-,18-,19+,20-,22-/m0/s1. The van der Waals surface area contributed by atoms with Crippen LogP contribution in [0.15, 0.2) is 0 Å². The molecule has 0 amide bonds. The molecular formula is C22H36O3. The van der Waals surface area contributed by atoms with Gasteiger partial charge in [0.25, 0.3) is 0 Å². The van der Waals surface area contributed by atoms with Crippen molar-refractivity contribution in [2.24, 2.45) is 40.9 Å². The van der Waals surface area contributed by atoms with Crippen LogP contribution in [0.4, 0.5) is 0 Å². The molecule has 8 atom stereocenters. The van der Waals surface area contributed by atoms with Crippen molar-refractivity contribution in [1.82, 2.24) is 0 Å². The second kappa shape index (κ2) is 6.96. The molecule has 0 heterocycles. The van der Waals surface area contributed by atoms with Gasteiger partial charge in [0.2, 0.25) is 0 Å². The summed E-state index contributed by atoms with van der Waals surface area (Å²) in [6, 6.07) is 0. The molecule has 0 aromatic heterocycles. The van der Waals surface area contributed by atoms with E-state index in [0.717, 1.165) is 62.9 Å². The third-order valence-electron chi connectivity index (χ3n) is 8.73. The predicted molar refractivity (Wildman–Crippen MR) is 98.1 cm³/mol. The Balaban J connectivity index is 1.67. The minimum Gasteiger partial charge on any atom is -0.393 e. The number of aliphatic hydroxyl groups is 1. The Morgan fingerprint density at radius 1 is 1.12 bits per heavy atom. The number of ketones is 1. The fraction of sp³-hybridized carbons (Fsp3) is 0.955. The number of rotatable bonds is 2. The van der Waals surface area contributed by atoms with E-state index >= 15 is 0 Å². The average Bonchev–Trinajstić information content (AvgIpc) is 2.80. The quantitative estimate of drug-likeness (QED) is 0.812. The number of Topliss-reactive ketones (excluding diaryl/α,β-unsaturated/α-hetero) is 1. The maximum absolute atomic E-state index is 12.4. The summed E-state index contributed by atoms with van der Waals surface area (Å²) in [5, 5.41) is 10.3. The first kappa shape index (κ1) is 18.0. The number of hydrogen-bond acceptors (Lipinski definition) is 3. The van der Waals surface area contributed by atoms with Crippen molar-refractivity contribution in [3.8, 4) is 0 Å². The summed E-state index contributed by atoms with van der Waals surface area (Å²) >= 11 is 0. The highest BCUT2D eigenvalue weighted by Crippen LogP contribution is 2.60. The maximum atomic E-state index is 12.4. The molecule has 142 valence electrons. The number of carbonyl (C=O) groups excluding carboxylic acids is 1. The molecule has 25 heavy (non-hydrogen) atoms. The third kappa shape index (κ3) is 3.20. The molecule has 4 aliphatic carbocycles. The maximum Gasteiger partial charge on any atom is 0.135 e. The molecular weight excluding hydrogens is 312 g/mol. The van der Waals surface area contributed by atoms with Gasteiger partial charge in [0.15, 0.2) is 0 Å². The highest BCUT2D eigenvalue weighted by molar-refractivity contribution is 5.81. The molecule has 0 aromatic rings. The number of hydrogen-bond donors (Lipinski definition) is 1. The lowest BCUT2D eigenvalue weighted by molar-refractivity contribution is -0.125. The van der Waals surface area contributed by atoms with Gasteiger partial charge in [-0.2, -0.15) is 0 Å². The van der Waals surface area contributed by atoms with Gasteiger partial charge < -0.3 is 9.84 Å². The molecule has 4 saturated carbocycles. The van der Waals surface area contributed by atoms with E-state index in [9.17, 15) is 9.90 Å². The predicted octanol–water partition coefficient (Wildman–Crippen LogP) is 4.22. The van der Waals surface area contributed by atoms with Crippen LogP contribution in [0.2, 0.25) is 0 Å². The van der Waals surface area contributed by atoms with E-state index in [0.29, 0.717) is 29.0 Å². The molecule has 0 radical (unpaired) electrons. The molecule has 1 unspecified atom stereocenters. The van der Waals surface area contributed by atoms with Crippen molar-refractivity contribution in [2.45, 2.75) is 77.2 Å². The second-order valence-corrected chi connectivity index (χ2v) is 9.97. The first-order valence-electron chi connectivity index (χ1n) is 10.7. The van der Waals surface area contributed by atoms with Crippen molar-refractivity contribution in [2.75, 3.05) is 13.7 Å². The van der Waals surface area contributed by atoms with Crippen LogP contribution in [0.3, 0.4) is 0 Å². The van der Waals surface area contributed by atoms with E-state index in [2.05, 4.69) is 6.92 Å². The van der Waals surface area contributed by atoms with Crippen LogP contribution in [-0.2, 0) is 9.53 Å². The van der Waals surface area contributed by atoms with Gasteiger partial charge in [-0.25, -0.2) is 0 Å². The van der Waals surface area contributed by atoms with Gasteiger partial charge in [0.05, 0.1) is 6.10 Å². The van der Waals surface area contributed by atoms with E-state index in [-0.39, 0.29) is 6.10 Å². The van der Waals surface area contributed by atoms with Gasteiger partial charge in [-0.05, 0) is 92.8 Å². The molecule has 0 aromatic carbocycles. The van der Waals surface area contributed by atoms with Gasteiger partial charge >= 0.3 is 0 Å². The van der Waals surface area contributed by atoms with Crippen molar-refractivity contribution >= 4 is 5.78 Å². The Morgan fingerprint density at radius 3 is 2.76 bits per heavy atom. The summed E-state index contributed by atoms with van der Waals surface area (Å²) in [6.45, 7) is 3.40. The summed E-state index contributed by atoms with van der Waals surface area (Å²) in [5.41, 5.74) is 0.354. The summed E-state index contributed by atoms with van der Waals surface area (Å²) in [5.74, 6) is 4.40. The molecule has 3 heteroatoms. The van der Waals surface area contributed by atoms with Crippen molar-refractivity contribution in [1.29, 1.82) is 0 Å². The molecule has 4 fully saturated rings. The zero-order valence-electron chi connectivity index (χ0n) is 16.1. The Bertz CT molecular complexity index is 504. The number of aliphatic hydroxyl groups excluding tert-OH is 1. The molecule has 0 spiro atoms. The van der Waals surface area contributed by atoms with E-state index < -0.39 is 0 Å². The van der Waals surface area contributed by atoms with Crippen molar-refractivity contribution in [3.63, 3.8) is 0 Å². The smallest absolute Gasteiger partial charge is 0.135 e. The molecule has 4 aliphatic rings. The molecule has 4 rings (SSSR count). The van der Waals surface area contributed by atoms with Crippen LogP contribution in [0, 0.1) is 40.9 Å². The lowest BCUT2D eigenvalue weighted by atomic mass is 9.56. The molecule has 0 saturated heterocycles. The van der Waals surface area contributed by atoms with Crippen molar-refractivity contribution < 1.29 is 14.6 Å². The minimum absolute atomic E-state index is 0.107. The average molecular weight is 349 g/mol. The number of fused-ring (bicyclic) bond motifs is 6. The van der Waals surface area contributed by atoms with E-state index in [4.69, 9.17) is 4.74 Å². The van der Waals surface area contributed by atoms with Gasteiger partial charge in [0, 0.05) is 26.1 Å². The van der Waals surface area contributed by atoms with Crippen LogP contribution in [-0.4, -0.2) is 30.7 Å². The van der Waals surface area contributed by atoms with Gasteiger partial charge in [0.1, 0.15) is 5.78 Å². The number of methoxy groups -OCH3 is 1. The number of ether oxygens (including phenoxy) is 1.